The molecule has 3 nitrogen and oxygen atoms in total. The highest BCUT2D eigenvalue weighted by Gasteiger charge is 2.37. The van der Waals surface area contributed by atoms with E-state index in [0.717, 1.165) is 13.0 Å². The summed E-state index contributed by atoms with van der Waals surface area (Å²) >= 11 is 0. The first kappa shape index (κ1) is 14.1. The summed E-state index contributed by atoms with van der Waals surface area (Å²) in [5, 5.41) is 8.51. The Morgan fingerprint density at radius 2 is 2.05 bits per heavy atom. The van der Waals surface area contributed by atoms with Crippen molar-refractivity contribution in [3.05, 3.63) is 18.0 Å². The zero-order valence-electron chi connectivity index (χ0n) is 13.1. The summed E-state index contributed by atoms with van der Waals surface area (Å²) in [6.07, 6.45) is 12.9. The highest BCUT2D eigenvalue weighted by molar-refractivity contribution is 5.07. The van der Waals surface area contributed by atoms with Gasteiger partial charge >= 0.3 is 0 Å². The summed E-state index contributed by atoms with van der Waals surface area (Å²) < 4.78 is 2.24. The van der Waals surface area contributed by atoms with Crippen LogP contribution in [0.25, 0.3) is 0 Å². The van der Waals surface area contributed by atoms with Crippen molar-refractivity contribution in [2.45, 2.75) is 77.3 Å². The van der Waals surface area contributed by atoms with Crippen LogP contribution >= 0.6 is 0 Å². The van der Waals surface area contributed by atoms with E-state index in [9.17, 15) is 0 Å². The molecular weight excluding hydrogens is 246 g/mol. The van der Waals surface area contributed by atoms with Crippen LogP contribution < -0.4 is 5.32 Å². The number of aromatic nitrogens is 2. The molecule has 1 heterocycles. The molecule has 0 atom stereocenters. The Labute approximate surface area is 123 Å². The predicted octanol–water partition coefficient (Wildman–Crippen LogP) is 3.71. The zero-order chi connectivity index (χ0) is 14.0. The lowest BCUT2D eigenvalue weighted by atomic mass is 9.66. The first-order chi connectivity index (χ1) is 9.67. The van der Waals surface area contributed by atoms with Crippen LogP contribution in [0.3, 0.4) is 0 Å². The summed E-state index contributed by atoms with van der Waals surface area (Å²) in [7, 11) is 0. The van der Waals surface area contributed by atoms with Crippen LogP contribution in [0.1, 0.15) is 70.5 Å². The molecule has 3 rings (SSSR count). The molecule has 0 aliphatic heterocycles. The number of rotatable bonds is 6. The van der Waals surface area contributed by atoms with Crippen LogP contribution in [-0.4, -0.2) is 22.4 Å². The second-order valence-electron chi connectivity index (χ2n) is 7.29. The van der Waals surface area contributed by atoms with E-state index in [-0.39, 0.29) is 0 Å². The van der Waals surface area contributed by atoms with E-state index < -0.39 is 0 Å². The molecule has 2 fully saturated rings. The topological polar surface area (TPSA) is 29.9 Å². The van der Waals surface area contributed by atoms with Crippen LogP contribution in [0.15, 0.2) is 12.3 Å². The minimum Gasteiger partial charge on any atom is -0.314 e. The molecule has 0 bridgehead atoms. The molecule has 2 saturated carbocycles. The Bertz CT molecular complexity index is 425. The SMILES string of the molecule is CC(C)NCC1(Cc2ccn(C3CCCC3)n2)CCC1. The lowest BCUT2D eigenvalue weighted by Crippen LogP contribution is -2.43. The van der Waals surface area contributed by atoms with Gasteiger partial charge in [0.1, 0.15) is 0 Å². The van der Waals surface area contributed by atoms with Crippen molar-refractivity contribution in [2.75, 3.05) is 6.54 Å². The quantitative estimate of drug-likeness (QED) is 0.857. The van der Waals surface area contributed by atoms with E-state index in [1.807, 2.05) is 0 Å². The van der Waals surface area contributed by atoms with Crippen LogP contribution in [0.4, 0.5) is 0 Å². The molecule has 1 aromatic rings. The van der Waals surface area contributed by atoms with Gasteiger partial charge in [0.2, 0.25) is 0 Å². The average molecular weight is 275 g/mol. The summed E-state index contributed by atoms with van der Waals surface area (Å²) in [5.41, 5.74) is 1.79. The fourth-order valence-electron chi connectivity index (χ4n) is 3.74. The molecule has 0 saturated heterocycles. The lowest BCUT2D eigenvalue weighted by molar-refractivity contribution is 0.125. The van der Waals surface area contributed by atoms with Crippen LogP contribution in [-0.2, 0) is 6.42 Å². The molecule has 3 heteroatoms. The monoisotopic (exact) mass is 275 g/mol. The van der Waals surface area contributed by atoms with Crippen LogP contribution in [0.5, 0.6) is 0 Å². The normalized spacial score (nSPS) is 22.4. The summed E-state index contributed by atoms with van der Waals surface area (Å²) in [6.45, 7) is 5.63. The average Bonchev–Trinajstić information content (AvgIpc) is 3.02. The van der Waals surface area contributed by atoms with Gasteiger partial charge in [-0.25, -0.2) is 0 Å². The maximum atomic E-state index is 4.88. The molecule has 112 valence electrons. The minimum atomic E-state index is 0.485. The standard InChI is InChI=1S/C17H29N3/c1-14(2)18-13-17(9-5-10-17)12-15-8-11-20(19-15)16-6-3-4-7-16/h8,11,14,16,18H,3-7,9-10,12-13H2,1-2H3. The molecule has 2 aliphatic carbocycles. The van der Waals surface area contributed by atoms with E-state index in [2.05, 4.69) is 36.1 Å². The molecule has 0 unspecified atom stereocenters. The Morgan fingerprint density at radius 1 is 1.30 bits per heavy atom. The van der Waals surface area contributed by atoms with E-state index in [4.69, 9.17) is 5.10 Å². The van der Waals surface area contributed by atoms with E-state index in [1.165, 1.54) is 50.6 Å². The first-order valence-electron chi connectivity index (χ1n) is 8.44. The van der Waals surface area contributed by atoms with Gasteiger partial charge in [-0.2, -0.15) is 5.10 Å². The fourth-order valence-corrected chi connectivity index (χ4v) is 3.74. The minimum absolute atomic E-state index is 0.485. The highest BCUT2D eigenvalue weighted by atomic mass is 15.3. The van der Waals surface area contributed by atoms with Gasteiger partial charge in [0.25, 0.3) is 0 Å². The molecular formula is C17H29N3. The van der Waals surface area contributed by atoms with Crippen LogP contribution in [0, 0.1) is 5.41 Å². The number of hydrogen-bond donors (Lipinski definition) is 1. The van der Waals surface area contributed by atoms with Gasteiger partial charge in [-0.05, 0) is 43.6 Å². The van der Waals surface area contributed by atoms with Crippen molar-refractivity contribution in [1.29, 1.82) is 0 Å². The second-order valence-corrected chi connectivity index (χ2v) is 7.29. The summed E-state index contributed by atoms with van der Waals surface area (Å²) in [4.78, 5) is 0. The molecule has 20 heavy (non-hydrogen) atoms. The lowest BCUT2D eigenvalue weighted by Gasteiger charge is -2.42. The smallest absolute Gasteiger partial charge is 0.0630 e. The maximum absolute atomic E-state index is 4.88. The van der Waals surface area contributed by atoms with Gasteiger partial charge in [0.05, 0.1) is 11.7 Å². The third kappa shape index (κ3) is 3.08. The van der Waals surface area contributed by atoms with Crippen molar-refractivity contribution in [3.8, 4) is 0 Å². The Hall–Kier alpha value is -0.830. The number of hydrogen-bond acceptors (Lipinski definition) is 2. The summed E-state index contributed by atoms with van der Waals surface area (Å²) in [5.74, 6) is 0. The number of nitrogens with zero attached hydrogens (tertiary/aromatic N) is 2. The maximum Gasteiger partial charge on any atom is 0.0630 e. The van der Waals surface area contributed by atoms with Crippen molar-refractivity contribution in [3.63, 3.8) is 0 Å². The molecule has 0 aromatic carbocycles. The molecule has 0 amide bonds. The first-order valence-corrected chi connectivity index (χ1v) is 8.44. The van der Waals surface area contributed by atoms with Gasteiger partial charge in [0, 0.05) is 18.8 Å². The van der Waals surface area contributed by atoms with Gasteiger partial charge in [0.15, 0.2) is 0 Å². The molecule has 0 radical (unpaired) electrons. The molecule has 2 aliphatic rings. The highest BCUT2D eigenvalue weighted by Crippen LogP contribution is 2.43. The van der Waals surface area contributed by atoms with Crippen molar-refractivity contribution >= 4 is 0 Å². The van der Waals surface area contributed by atoms with E-state index in [1.54, 1.807) is 0 Å². The predicted molar refractivity (Wildman–Crippen MR) is 82.9 cm³/mol. The van der Waals surface area contributed by atoms with E-state index >= 15 is 0 Å². The van der Waals surface area contributed by atoms with Gasteiger partial charge in [-0.1, -0.05) is 33.1 Å². The second kappa shape index (κ2) is 5.88. The molecule has 1 N–H and O–H groups in total. The third-order valence-electron chi connectivity index (χ3n) is 5.22. The molecule has 0 spiro atoms. The molecule has 1 aromatic heterocycles. The van der Waals surface area contributed by atoms with Gasteiger partial charge < -0.3 is 5.32 Å². The van der Waals surface area contributed by atoms with Crippen molar-refractivity contribution < 1.29 is 0 Å². The summed E-state index contributed by atoms with van der Waals surface area (Å²) in [6, 6.07) is 3.52. The van der Waals surface area contributed by atoms with Gasteiger partial charge in [-0.3, -0.25) is 4.68 Å². The Kier molecular flexibility index (Phi) is 4.16. The third-order valence-corrected chi connectivity index (χ3v) is 5.22. The van der Waals surface area contributed by atoms with Gasteiger partial charge in [-0.15, -0.1) is 0 Å². The fraction of sp³-hybridized carbons (Fsp3) is 0.824. The Balaban J connectivity index is 1.61. The van der Waals surface area contributed by atoms with E-state index in [0.29, 0.717) is 17.5 Å². The Morgan fingerprint density at radius 3 is 2.65 bits per heavy atom. The van der Waals surface area contributed by atoms with Crippen molar-refractivity contribution in [1.82, 2.24) is 15.1 Å². The largest absolute Gasteiger partial charge is 0.314 e. The zero-order valence-corrected chi connectivity index (χ0v) is 13.1. The number of nitrogens with one attached hydrogen (secondary N) is 1. The van der Waals surface area contributed by atoms with Crippen LogP contribution in [0.2, 0.25) is 0 Å². The van der Waals surface area contributed by atoms with Crippen molar-refractivity contribution in [2.24, 2.45) is 5.41 Å².